The molecular weight excluding hydrogens is 210 g/mol. The summed E-state index contributed by atoms with van der Waals surface area (Å²) in [5.74, 6) is 1.48. The van der Waals surface area contributed by atoms with Gasteiger partial charge in [0.1, 0.15) is 0 Å². The van der Waals surface area contributed by atoms with Crippen molar-refractivity contribution in [2.45, 2.75) is 31.2 Å². The second-order valence-electron chi connectivity index (χ2n) is 5.32. The summed E-state index contributed by atoms with van der Waals surface area (Å²) < 4.78 is 5.51. The van der Waals surface area contributed by atoms with Crippen LogP contribution in [0.3, 0.4) is 0 Å². The zero-order chi connectivity index (χ0) is 11.5. The van der Waals surface area contributed by atoms with Crippen molar-refractivity contribution in [1.82, 2.24) is 5.32 Å². The molecule has 0 bridgehead atoms. The molecule has 2 heterocycles. The predicted molar refractivity (Wildman–Crippen MR) is 69.1 cm³/mol. The van der Waals surface area contributed by atoms with Crippen LogP contribution in [0.1, 0.15) is 30.7 Å². The number of rotatable bonds is 2. The Labute approximate surface area is 103 Å². The molecule has 92 valence electrons. The molecule has 2 aliphatic rings. The highest BCUT2D eigenvalue weighted by Crippen LogP contribution is 2.32. The summed E-state index contributed by atoms with van der Waals surface area (Å²) in [5, 5.41) is 3.68. The van der Waals surface area contributed by atoms with E-state index in [1.54, 1.807) is 0 Å². The van der Waals surface area contributed by atoms with Crippen LogP contribution in [0.5, 0.6) is 0 Å². The van der Waals surface area contributed by atoms with Crippen LogP contribution in [0.4, 0.5) is 0 Å². The van der Waals surface area contributed by atoms with Crippen molar-refractivity contribution in [2.75, 3.05) is 19.8 Å². The Balaban J connectivity index is 1.67. The first-order chi connectivity index (χ1) is 8.43. The van der Waals surface area contributed by atoms with Crippen molar-refractivity contribution in [3.63, 3.8) is 0 Å². The van der Waals surface area contributed by atoms with E-state index in [4.69, 9.17) is 4.74 Å². The Bertz CT molecular complexity index is 345. The average molecular weight is 231 g/mol. The summed E-state index contributed by atoms with van der Waals surface area (Å²) in [6, 6.07) is 11.6. The Kier molecular flexibility index (Phi) is 3.44. The molecule has 2 saturated heterocycles. The third-order valence-electron chi connectivity index (χ3n) is 4.24. The minimum atomic E-state index is 0.663. The summed E-state index contributed by atoms with van der Waals surface area (Å²) in [4.78, 5) is 0. The first-order valence-electron chi connectivity index (χ1n) is 6.79. The number of hydrogen-bond donors (Lipinski definition) is 1. The molecule has 0 radical (unpaired) electrons. The van der Waals surface area contributed by atoms with Crippen molar-refractivity contribution in [3.05, 3.63) is 35.9 Å². The lowest BCUT2D eigenvalue weighted by Crippen LogP contribution is -2.42. The van der Waals surface area contributed by atoms with Gasteiger partial charge in [-0.15, -0.1) is 0 Å². The van der Waals surface area contributed by atoms with E-state index in [2.05, 4.69) is 35.6 Å². The van der Waals surface area contributed by atoms with Gasteiger partial charge in [0.25, 0.3) is 0 Å². The smallest absolute Gasteiger partial charge is 0.0510 e. The fourth-order valence-corrected chi connectivity index (χ4v) is 3.21. The molecule has 0 aliphatic carbocycles. The normalized spacial score (nSPS) is 33.8. The predicted octanol–water partition coefficient (Wildman–Crippen LogP) is 2.56. The molecular formula is C15H21NO. The molecule has 1 aromatic rings. The van der Waals surface area contributed by atoms with E-state index in [1.165, 1.54) is 24.8 Å². The fourth-order valence-electron chi connectivity index (χ4n) is 3.21. The molecule has 2 nitrogen and oxygen atoms in total. The van der Waals surface area contributed by atoms with E-state index in [0.29, 0.717) is 6.04 Å². The van der Waals surface area contributed by atoms with E-state index in [1.807, 2.05) is 0 Å². The molecule has 2 fully saturated rings. The molecule has 0 saturated carbocycles. The van der Waals surface area contributed by atoms with Gasteiger partial charge in [0.05, 0.1) is 6.61 Å². The SMILES string of the molecule is c1ccc(C2CCNC([C@H]3CCOC3)C2)cc1. The lowest BCUT2D eigenvalue weighted by molar-refractivity contribution is 0.169. The van der Waals surface area contributed by atoms with E-state index >= 15 is 0 Å². The largest absolute Gasteiger partial charge is 0.381 e. The maximum Gasteiger partial charge on any atom is 0.0510 e. The van der Waals surface area contributed by atoms with E-state index in [9.17, 15) is 0 Å². The van der Waals surface area contributed by atoms with Crippen molar-refractivity contribution in [3.8, 4) is 0 Å². The number of ether oxygens (including phenoxy) is 1. The van der Waals surface area contributed by atoms with Crippen molar-refractivity contribution >= 4 is 0 Å². The highest BCUT2D eigenvalue weighted by atomic mass is 16.5. The van der Waals surface area contributed by atoms with Crippen molar-refractivity contribution in [2.24, 2.45) is 5.92 Å². The highest BCUT2D eigenvalue weighted by molar-refractivity contribution is 5.20. The third kappa shape index (κ3) is 2.53. The molecule has 0 amide bonds. The quantitative estimate of drug-likeness (QED) is 0.844. The summed E-state index contributed by atoms with van der Waals surface area (Å²) in [7, 11) is 0. The van der Waals surface area contributed by atoms with Crippen molar-refractivity contribution in [1.29, 1.82) is 0 Å². The molecule has 3 atom stereocenters. The Morgan fingerprint density at radius 1 is 1.12 bits per heavy atom. The second kappa shape index (κ2) is 5.19. The van der Waals surface area contributed by atoms with Crippen LogP contribution in [0.2, 0.25) is 0 Å². The van der Waals surface area contributed by atoms with Gasteiger partial charge < -0.3 is 10.1 Å². The van der Waals surface area contributed by atoms with Gasteiger partial charge in [-0.25, -0.2) is 0 Å². The Morgan fingerprint density at radius 3 is 2.76 bits per heavy atom. The Morgan fingerprint density at radius 2 is 2.00 bits per heavy atom. The minimum absolute atomic E-state index is 0.663. The number of piperidine rings is 1. The zero-order valence-corrected chi connectivity index (χ0v) is 10.3. The standard InChI is InChI=1S/C15H21NO/c1-2-4-12(5-3-1)13-6-8-16-15(10-13)14-7-9-17-11-14/h1-5,13-16H,6-11H2/t13?,14-,15?/m0/s1. The third-order valence-corrected chi connectivity index (χ3v) is 4.24. The monoisotopic (exact) mass is 231 g/mol. The van der Waals surface area contributed by atoms with Crippen LogP contribution >= 0.6 is 0 Å². The van der Waals surface area contributed by atoms with Gasteiger partial charge >= 0.3 is 0 Å². The van der Waals surface area contributed by atoms with E-state index in [-0.39, 0.29) is 0 Å². The Hall–Kier alpha value is -0.860. The summed E-state index contributed by atoms with van der Waals surface area (Å²) in [6.45, 7) is 3.07. The van der Waals surface area contributed by atoms with Gasteiger partial charge in [-0.1, -0.05) is 30.3 Å². The first kappa shape index (κ1) is 11.2. The number of nitrogens with one attached hydrogen (secondary N) is 1. The number of hydrogen-bond acceptors (Lipinski definition) is 2. The lowest BCUT2D eigenvalue weighted by atomic mass is 9.81. The molecule has 2 aliphatic heterocycles. The van der Waals surface area contributed by atoms with Crippen LogP contribution in [-0.2, 0) is 4.74 Å². The van der Waals surface area contributed by atoms with E-state index in [0.717, 1.165) is 31.6 Å². The summed E-state index contributed by atoms with van der Waals surface area (Å²) in [6.07, 6.45) is 3.78. The lowest BCUT2D eigenvalue weighted by Gasteiger charge is -2.33. The van der Waals surface area contributed by atoms with Crippen LogP contribution in [0.15, 0.2) is 30.3 Å². The first-order valence-corrected chi connectivity index (χ1v) is 6.79. The van der Waals surface area contributed by atoms with Gasteiger partial charge in [-0.05, 0) is 43.2 Å². The van der Waals surface area contributed by atoms with Gasteiger partial charge in [-0.3, -0.25) is 0 Å². The molecule has 17 heavy (non-hydrogen) atoms. The van der Waals surface area contributed by atoms with Crippen LogP contribution in [-0.4, -0.2) is 25.8 Å². The molecule has 1 N–H and O–H groups in total. The topological polar surface area (TPSA) is 21.3 Å². The van der Waals surface area contributed by atoms with Gasteiger partial charge in [0.15, 0.2) is 0 Å². The molecule has 3 rings (SSSR count). The summed E-state index contributed by atoms with van der Waals surface area (Å²) in [5.41, 5.74) is 1.51. The van der Waals surface area contributed by atoms with Crippen LogP contribution in [0, 0.1) is 5.92 Å². The summed E-state index contributed by atoms with van der Waals surface area (Å²) >= 11 is 0. The van der Waals surface area contributed by atoms with Crippen LogP contribution < -0.4 is 5.32 Å². The molecule has 1 aromatic carbocycles. The maximum absolute atomic E-state index is 5.51. The molecule has 0 spiro atoms. The number of benzene rings is 1. The highest BCUT2D eigenvalue weighted by Gasteiger charge is 2.30. The molecule has 0 aromatic heterocycles. The fraction of sp³-hybridized carbons (Fsp3) is 0.600. The van der Waals surface area contributed by atoms with Gasteiger partial charge in [0.2, 0.25) is 0 Å². The zero-order valence-electron chi connectivity index (χ0n) is 10.3. The van der Waals surface area contributed by atoms with Crippen LogP contribution in [0.25, 0.3) is 0 Å². The molecule has 2 unspecified atom stereocenters. The van der Waals surface area contributed by atoms with E-state index < -0.39 is 0 Å². The average Bonchev–Trinajstić information content (AvgIpc) is 2.94. The second-order valence-corrected chi connectivity index (χ2v) is 5.32. The molecule has 2 heteroatoms. The minimum Gasteiger partial charge on any atom is -0.381 e. The van der Waals surface area contributed by atoms with Crippen molar-refractivity contribution < 1.29 is 4.74 Å². The van der Waals surface area contributed by atoms with Gasteiger partial charge in [0, 0.05) is 12.6 Å². The van der Waals surface area contributed by atoms with Gasteiger partial charge in [-0.2, -0.15) is 0 Å². The maximum atomic E-state index is 5.51.